The molecule has 114 valence electrons. The van der Waals surface area contributed by atoms with Crippen LogP contribution in [0, 0.1) is 0 Å². The maximum Gasteiger partial charge on any atom is 0.249 e. The summed E-state index contributed by atoms with van der Waals surface area (Å²) >= 11 is 0. The number of hydrogen-bond donors (Lipinski definition) is 3. The number of nitrogens with two attached hydrogens (primary N) is 1. The smallest absolute Gasteiger partial charge is 0.249 e. The number of benzene rings is 3. The highest BCUT2D eigenvalue weighted by molar-refractivity contribution is 6.04. The lowest BCUT2D eigenvalue weighted by molar-refractivity contribution is 0.100. The molecule has 0 saturated carbocycles. The lowest BCUT2D eigenvalue weighted by Gasteiger charge is -2.14. The van der Waals surface area contributed by atoms with E-state index in [1.54, 1.807) is 60.7 Å². The maximum atomic E-state index is 11.8. The van der Waals surface area contributed by atoms with Crippen molar-refractivity contribution in [1.29, 1.82) is 0 Å². The van der Waals surface area contributed by atoms with E-state index >= 15 is 0 Å². The van der Waals surface area contributed by atoms with Gasteiger partial charge in [-0.2, -0.15) is 0 Å². The molecule has 0 aliphatic carbocycles. The number of hydrogen-bond acceptors (Lipinski definition) is 3. The summed E-state index contributed by atoms with van der Waals surface area (Å²) in [6, 6.07) is 18.7. The van der Waals surface area contributed by atoms with Crippen LogP contribution < -0.4 is 5.73 Å². The van der Waals surface area contributed by atoms with Gasteiger partial charge in [0, 0.05) is 11.1 Å². The molecular weight excluding hydrogens is 290 g/mol. The topological polar surface area (TPSA) is 83.6 Å². The van der Waals surface area contributed by atoms with E-state index in [1.807, 2.05) is 6.07 Å². The second-order valence-electron chi connectivity index (χ2n) is 5.19. The van der Waals surface area contributed by atoms with Crippen molar-refractivity contribution < 1.29 is 15.0 Å². The normalized spacial score (nSPS) is 10.4. The van der Waals surface area contributed by atoms with Gasteiger partial charge in [0.05, 0.1) is 0 Å². The first-order chi connectivity index (χ1) is 11.1. The quantitative estimate of drug-likeness (QED) is 0.692. The molecule has 0 atom stereocenters. The van der Waals surface area contributed by atoms with E-state index in [-0.39, 0.29) is 11.5 Å². The van der Waals surface area contributed by atoms with Crippen molar-refractivity contribution in [2.24, 2.45) is 5.73 Å². The van der Waals surface area contributed by atoms with Gasteiger partial charge in [0.15, 0.2) is 0 Å². The van der Waals surface area contributed by atoms with Crippen LogP contribution in [-0.4, -0.2) is 16.1 Å². The van der Waals surface area contributed by atoms with E-state index in [9.17, 15) is 15.0 Å². The number of primary amides is 1. The summed E-state index contributed by atoms with van der Waals surface area (Å²) in [4.78, 5) is 11.8. The van der Waals surface area contributed by atoms with Gasteiger partial charge in [-0.25, -0.2) is 0 Å². The standard InChI is InChI=1S/C19H15NO3/c20-19(23)17-3-1-2-16(12-4-8-14(21)9-5-12)18(17)13-6-10-15(22)11-7-13/h1-11,21-22H,(H2,20,23). The fourth-order valence-corrected chi connectivity index (χ4v) is 2.58. The van der Waals surface area contributed by atoms with Crippen LogP contribution in [0.15, 0.2) is 66.7 Å². The van der Waals surface area contributed by atoms with Crippen LogP contribution in [-0.2, 0) is 0 Å². The third kappa shape index (κ3) is 2.87. The number of amides is 1. The first-order valence-corrected chi connectivity index (χ1v) is 7.08. The molecule has 0 saturated heterocycles. The average molecular weight is 305 g/mol. The van der Waals surface area contributed by atoms with Crippen molar-refractivity contribution >= 4 is 5.91 Å². The summed E-state index contributed by atoms with van der Waals surface area (Å²) in [5, 5.41) is 18.9. The highest BCUT2D eigenvalue weighted by atomic mass is 16.3. The minimum absolute atomic E-state index is 0.150. The number of phenols is 2. The van der Waals surface area contributed by atoms with Crippen molar-refractivity contribution in [3.05, 3.63) is 72.3 Å². The largest absolute Gasteiger partial charge is 0.508 e. The van der Waals surface area contributed by atoms with Crippen molar-refractivity contribution in [2.45, 2.75) is 0 Å². The van der Waals surface area contributed by atoms with E-state index < -0.39 is 5.91 Å². The van der Waals surface area contributed by atoms with Gasteiger partial charge < -0.3 is 15.9 Å². The van der Waals surface area contributed by atoms with Gasteiger partial charge >= 0.3 is 0 Å². The molecule has 1 amide bonds. The van der Waals surface area contributed by atoms with Gasteiger partial charge in [-0.15, -0.1) is 0 Å². The lowest BCUT2D eigenvalue weighted by Crippen LogP contribution is -2.12. The van der Waals surface area contributed by atoms with Crippen molar-refractivity contribution in [1.82, 2.24) is 0 Å². The van der Waals surface area contributed by atoms with Gasteiger partial charge in [-0.1, -0.05) is 36.4 Å². The molecule has 0 spiro atoms. The van der Waals surface area contributed by atoms with Crippen LogP contribution >= 0.6 is 0 Å². The first kappa shape index (κ1) is 14.7. The van der Waals surface area contributed by atoms with Gasteiger partial charge in [0.2, 0.25) is 5.91 Å². The Morgan fingerprint density at radius 3 is 1.78 bits per heavy atom. The highest BCUT2D eigenvalue weighted by Crippen LogP contribution is 2.36. The summed E-state index contributed by atoms with van der Waals surface area (Å²) in [5.41, 5.74) is 9.09. The molecule has 3 aromatic carbocycles. The van der Waals surface area contributed by atoms with Crippen LogP contribution in [0.1, 0.15) is 10.4 Å². The molecule has 0 aliphatic rings. The Hall–Kier alpha value is -3.27. The Morgan fingerprint density at radius 2 is 1.26 bits per heavy atom. The van der Waals surface area contributed by atoms with Gasteiger partial charge in [0.25, 0.3) is 0 Å². The Balaban J connectivity index is 2.27. The molecule has 4 N–H and O–H groups in total. The SMILES string of the molecule is NC(=O)c1cccc(-c2ccc(O)cc2)c1-c1ccc(O)cc1. The summed E-state index contributed by atoms with van der Waals surface area (Å²) in [5.74, 6) is -0.198. The fourth-order valence-electron chi connectivity index (χ4n) is 2.58. The zero-order chi connectivity index (χ0) is 16.4. The number of rotatable bonds is 3. The number of phenolic OH excluding ortho intramolecular Hbond substituents is 2. The number of aromatic hydroxyl groups is 2. The predicted octanol–water partition coefficient (Wildman–Crippen LogP) is 3.53. The van der Waals surface area contributed by atoms with Gasteiger partial charge in [-0.3, -0.25) is 4.79 Å². The monoisotopic (exact) mass is 305 g/mol. The maximum absolute atomic E-state index is 11.8. The van der Waals surface area contributed by atoms with E-state index in [0.29, 0.717) is 11.1 Å². The Labute approximate surface area is 133 Å². The lowest BCUT2D eigenvalue weighted by atomic mass is 9.90. The Bertz CT molecular complexity index is 853. The second kappa shape index (κ2) is 5.85. The summed E-state index contributed by atoms with van der Waals surface area (Å²) in [6.45, 7) is 0. The van der Waals surface area contributed by atoms with Crippen LogP contribution in [0.25, 0.3) is 22.3 Å². The minimum Gasteiger partial charge on any atom is -0.508 e. The molecule has 4 nitrogen and oxygen atoms in total. The zero-order valence-electron chi connectivity index (χ0n) is 12.2. The number of carbonyl (C=O) groups is 1. The molecule has 0 aliphatic heterocycles. The predicted molar refractivity (Wildman–Crippen MR) is 89.2 cm³/mol. The molecule has 23 heavy (non-hydrogen) atoms. The molecule has 4 heteroatoms. The molecule has 0 aromatic heterocycles. The van der Waals surface area contributed by atoms with Crippen LogP contribution in [0.3, 0.4) is 0 Å². The van der Waals surface area contributed by atoms with Crippen LogP contribution in [0.4, 0.5) is 0 Å². The van der Waals surface area contributed by atoms with E-state index in [0.717, 1.165) is 16.7 Å². The van der Waals surface area contributed by atoms with Crippen molar-refractivity contribution in [2.75, 3.05) is 0 Å². The van der Waals surface area contributed by atoms with E-state index in [2.05, 4.69) is 0 Å². The molecule has 3 aromatic rings. The molecule has 0 fully saturated rings. The van der Waals surface area contributed by atoms with Crippen molar-refractivity contribution in [3.8, 4) is 33.8 Å². The van der Waals surface area contributed by atoms with E-state index in [1.165, 1.54) is 0 Å². The van der Waals surface area contributed by atoms with Gasteiger partial charge in [0.1, 0.15) is 11.5 Å². The zero-order valence-corrected chi connectivity index (χ0v) is 12.2. The third-order valence-electron chi connectivity index (χ3n) is 3.66. The molecule has 0 radical (unpaired) electrons. The summed E-state index contributed by atoms with van der Waals surface area (Å²) in [7, 11) is 0. The molecule has 3 rings (SSSR count). The van der Waals surface area contributed by atoms with E-state index in [4.69, 9.17) is 5.73 Å². The Morgan fingerprint density at radius 1 is 0.739 bits per heavy atom. The third-order valence-corrected chi connectivity index (χ3v) is 3.66. The van der Waals surface area contributed by atoms with Crippen molar-refractivity contribution in [3.63, 3.8) is 0 Å². The Kier molecular flexibility index (Phi) is 3.73. The summed E-state index contributed by atoms with van der Waals surface area (Å²) < 4.78 is 0. The van der Waals surface area contributed by atoms with Gasteiger partial charge in [-0.05, 0) is 47.0 Å². The number of carbonyl (C=O) groups excluding carboxylic acids is 1. The molecular formula is C19H15NO3. The molecule has 0 unspecified atom stereocenters. The minimum atomic E-state index is -0.520. The molecule has 0 heterocycles. The fraction of sp³-hybridized carbons (Fsp3) is 0. The van der Waals surface area contributed by atoms with Crippen LogP contribution in [0.5, 0.6) is 11.5 Å². The molecule has 0 bridgehead atoms. The first-order valence-electron chi connectivity index (χ1n) is 7.08. The second-order valence-corrected chi connectivity index (χ2v) is 5.19. The average Bonchev–Trinajstić information content (AvgIpc) is 2.55. The summed E-state index contributed by atoms with van der Waals surface area (Å²) in [6.07, 6.45) is 0. The highest BCUT2D eigenvalue weighted by Gasteiger charge is 2.15. The van der Waals surface area contributed by atoms with Crippen LogP contribution in [0.2, 0.25) is 0 Å².